The van der Waals surface area contributed by atoms with E-state index in [4.69, 9.17) is 5.73 Å². The molecule has 3 rings (SSSR count). The third-order valence-electron chi connectivity index (χ3n) is 3.31. The molecule has 0 aliphatic heterocycles. The molecule has 0 heterocycles. The van der Waals surface area contributed by atoms with Gasteiger partial charge in [0, 0.05) is 16.8 Å². The van der Waals surface area contributed by atoms with Gasteiger partial charge in [-0.05, 0) is 34.9 Å². The summed E-state index contributed by atoms with van der Waals surface area (Å²) < 4.78 is 0. The minimum absolute atomic E-state index is 0.199. The third-order valence-corrected chi connectivity index (χ3v) is 3.31. The molecule has 2 N–H and O–H groups in total. The molecule has 3 aromatic rings. The van der Waals surface area contributed by atoms with Crippen molar-refractivity contribution in [3.8, 4) is 11.8 Å². The summed E-state index contributed by atoms with van der Waals surface area (Å²) in [7, 11) is 0. The second kappa shape index (κ2) is 5.52. The van der Waals surface area contributed by atoms with Crippen LogP contribution in [0.25, 0.3) is 10.8 Å². The Morgan fingerprint density at radius 1 is 0.857 bits per heavy atom. The zero-order chi connectivity index (χ0) is 14.7. The van der Waals surface area contributed by atoms with Crippen LogP contribution in [0, 0.1) is 11.8 Å². The Balaban J connectivity index is 2.01. The van der Waals surface area contributed by atoms with Crippen LogP contribution in [0.3, 0.4) is 0 Å². The van der Waals surface area contributed by atoms with E-state index in [0.717, 1.165) is 10.8 Å². The minimum Gasteiger partial charge on any atom is -0.398 e. The number of para-hydroxylation sites is 1. The fourth-order valence-electron chi connectivity index (χ4n) is 2.23. The smallest absolute Gasteiger partial charge is 0.236 e. The molecule has 0 bridgehead atoms. The first-order valence-corrected chi connectivity index (χ1v) is 6.64. The van der Waals surface area contributed by atoms with Gasteiger partial charge in [-0.15, -0.1) is 0 Å². The number of hydrogen-bond acceptors (Lipinski definition) is 2. The number of carbonyl (C=O) groups is 1. The zero-order valence-corrected chi connectivity index (χ0v) is 11.3. The molecule has 0 radical (unpaired) electrons. The number of anilines is 1. The van der Waals surface area contributed by atoms with Gasteiger partial charge in [0.05, 0.1) is 0 Å². The molecule has 0 unspecified atom stereocenters. The van der Waals surface area contributed by atoms with Crippen molar-refractivity contribution in [2.75, 3.05) is 5.73 Å². The fourth-order valence-corrected chi connectivity index (χ4v) is 2.23. The Labute approximate surface area is 123 Å². The average Bonchev–Trinajstić information content (AvgIpc) is 2.53. The van der Waals surface area contributed by atoms with Gasteiger partial charge in [-0.2, -0.15) is 0 Å². The van der Waals surface area contributed by atoms with E-state index >= 15 is 0 Å². The van der Waals surface area contributed by atoms with Gasteiger partial charge in [0.25, 0.3) is 0 Å². The molecule has 3 aromatic carbocycles. The number of fused-ring (bicyclic) bond motifs is 1. The number of carbonyl (C=O) groups excluding carboxylic acids is 1. The van der Waals surface area contributed by atoms with Crippen molar-refractivity contribution < 1.29 is 4.79 Å². The van der Waals surface area contributed by atoms with E-state index in [0.29, 0.717) is 16.8 Å². The summed E-state index contributed by atoms with van der Waals surface area (Å²) in [4.78, 5) is 12.3. The highest BCUT2D eigenvalue weighted by atomic mass is 16.1. The second-order valence-corrected chi connectivity index (χ2v) is 4.69. The summed E-state index contributed by atoms with van der Waals surface area (Å²) in [6, 6.07) is 20.7. The number of hydrogen-bond donors (Lipinski definition) is 1. The Morgan fingerprint density at radius 3 is 2.43 bits per heavy atom. The van der Waals surface area contributed by atoms with Crippen molar-refractivity contribution in [2.45, 2.75) is 0 Å². The van der Waals surface area contributed by atoms with Crippen LogP contribution >= 0.6 is 0 Å². The van der Waals surface area contributed by atoms with Crippen LogP contribution in [0.15, 0.2) is 66.7 Å². The first-order chi connectivity index (χ1) is 10.3. The number of ketones is 1. The van der Waals surface area contributed by atoms with Crippen LogP contribution in [0.5, 0.6) is 0 Å². The van der Waals surface area contributed by atoms with Gasteiger partial charge >= 0.3 is 0 Å². The number of nitrogen functional groups attached to an aromatic ring is 1. The van der Waals surface area contributed by atoms with Crippen LogP contribution in [-0.4, -0.2) is 5.78 Å². The van der Waals surface area contributed by atoms with Crippen molar-refractivity contribution >= 4 is 22.2 Å². The fraction of sp³-hybridized carbons (Fsp3) is 0. The van der Waals surface area contributed by atoms with Crippen molar-refractivity contribution in [1.82, 2.24) is 0 Å². The first kappa shape index (κ1) is 13.0. The Morgan fingerprint density at radius 2 is 1.57 bits per heavy atom. The van der Waals surface area contributed by atoms with Crippen molar-refractivity contribution in [1.29, 1.82) is 0 Å². The summed E-state index contributed by atoms with van der Waals surface area (Å²) in [5, 5.41) is 1.95. The molecule has 0 atom stereocenters. The first-order valence-electron chi connectivity index (χ1n) is 6.64. The maximum Gasteiger partial charge on any atom is 0.236 e. The van der Waals surface area contributed by atoms with Crippen molar-refractivity contribution in [3.05, 3.63) is 77.9 Å². The average molecular weight is 271 g/mol. The molecule has 0 aromatic heterocycles. The quantitative estimate of drug-likeness (QED) is 0.417. The van der Waals surface area contributed by atoms with E-state index in [9.17, 15) is 4.79 Å². The molecule has 100 valence electrons. The number of benzene rings is 3. The molecular weight excluding hydrogens is 258 g/mol. The maximum atomic E-state index is 12.3. The van der Waals surface area contributed by atoms with Gasteiger partial charge in [-0.3, -0.25) is 4.79 Å². The summed E-state index contributed by atoms with van der Waals surface area (Å²) in [6.07, 6.45) is 0. The van der Waals surface area contributed by atoms with Crippen LogP contribution in [0.4, 0.5) is 5.69 Å². The number of Topliss-reactive ketones (excluding diaryl/α,β-unsaturated/α-hetero) is 1. The van der Waals surface area contributed by atoms with E-state index < -0.39 is 0 Å². The third kappa shape index (κ3) is 2.63. The van der Waals surface area contributed by atoms with E-state index in [1.807, 2.05) is 48.5 Å². The number of nitrogens with two attached hydrogens (primary N) is 1. The van der Waals surface area contributed by atoms with Gasteiger partial charge in [-0.25, -0.2) is 0 Å². The molecule has 0 saturated heterocycles. The summed E-state index contributed by atoms with van der Waals surface area (Å²) in [5.74, 6) is 5.33. The summed E-state index contributed by atoms with van der Waals surface area (Å²) in [5.41, 5.74) is 7.69. The highest BCUT2D eigenvalue weighted by Gasteiger charge is 2.06. The van der Waals surface area contributed by atoms with Crippen LogP contribution in [0.1, 0.15) is 15.9 Å². The lowest BCUT2D eigenvalue weighted by atomic mass is 10.0. The van der Waals surface area contributed by atoms with Crippen molar-refractivity contribution in [2.24, 2.45) is 0 Å². The maximum absolute atomic E-state index is 12.3. The normalized spacial score (nSPS) is 9.90. The zero-order valence-electron chi connectivity index (χ0n) is 11.3. The van der Waals surface area contributed by atoms with Gasteiger partial charge < -0.3 is 5.73 Å². The van der Waals surface area contributed by atoms with Gasteiger partial charge in [0.2, 0.25) is 5.78 Å². The second-order valence-electron chi connectivity index (χ2n) is 4.69. The molecule has 0 amide bonds. The summed E-state index contributed by atoms with van der Waals surface area (Å²) in [6.45, 7) is 0. The van der Waals surface area contributed by atoms with Gasteiger partial charge in [0.1, 0.15) is 0 Å². The lowest BCUT2D eigenvalue weighted by molar-refractivity contribution is 0.105. The highest BCUT2D eigenvalue weighted by molar-refractivity contribution is 6.16. The molecule has 0 spiro atoms. The molecule has 0 aliphatic carbocycles. The molecular formula is C19H13NO. The van der Waals surface area contributed by atoms with E-state index in [1.165, 1.54) is 0 Å². The van der Waals surface area contributed by atoms with E-state index in [-0.39, 0.29) is 5.78 Å². The largest absolute Gasteiger partial charge is 0.398 e. The standard InChI is InChI=1S/C19H13NO/c20-18-11-4-2-7-15(18)12-13-19(21)17-10-5-8-14-6-1-3-9-16(14)17/h1-11H,20H2. The molecule has 2 nitrogen and oxygen atoms in total. The molecule has 2 heteroatoms. The monoisotopic (exact) mass is 271 g/mol. The molecule has 0 aliphatic rings. The molecule has 0 fully saturated rings. The number of rotatable bonds is 1. The summed E-state index contributed by atoms with van der Waals surface area (Å²) >= 11 is 0. The Bertz CT molecular complexity index is 879. The van der Waals surface area contributed by atoms with E-state index in [1.54, 1.807) is 18.2 Å². The lowest BCUT2D eigenvalue weighted by Gasteiger charge is -2.01. The predicted molar refractivity (Wildman–Crippen MR) is 86.0 cm³/mol. The SMILES string of the molecule is Nc1ccccc1C#CC(=O)c1cccc2ccccc12. The Kier molecular flexibility index (Phi) is 3.41. The lowest BCUT2D eigenvalue weighted by Crippen LogP contribution is -1.97. The van der Waals surface area contributed by atoms with Crippen molar-refractivity contribution in [3.63, 3.8) is 0 Å². The van der Waals surface area contributed by atoms with E-state index in [2.05, 4.69) is 11.8 Å². The van der Waals surface area contributed by atoms with Crippen LogP contribution in [0.2, 0.25) is 0 Å². The Hall–Kier alpha value is -3.05. The molecule has 21 heavy (non-hydrogen) atoms. The van der Waals surface area contributed by atoms with Gasteiger partial charge in [-0.1, -0.05) is 54.5 Å². The topological polar surface area (TPSA) is 43.1 Å². The predicted octanol–water partition coefficient (Wildman–Crippen LogP) is 3.66. The van der Waals surface area contributed by atoms with Gasteiger partial charge in [0.15, 0.2) is 0 Å². The minimum atomic E-state index is -0.199. The van der Waals surface area contributed by atoms with Crippen LogP contribution < -0.4 is 5.73 Å². The van der Waals surface area contributed by atoms with Crippen LogP contribution in [-0.2, 0) is 0 Å². The molecule has 0 saturated carbocycles. The highest BCUT2D eigenvalue weighted by Crippen LogP contribution is 2.18.